The van der Waals surface area contributed by atoms with Gasteiger partial charge < -0.3 is 9.64 Å². The molecule has 2 heteroatoms. The summed E-state index contributed by atoms with van der Waals surface area (Å²) >= 11 is 0. The van der Waals surface area contributed by atoms with Crippen LogP contribution < -0.4 is 9.64 Å². The molecule has 9 rings (SSSR count). The Morgan fingerprint density at radius 3 is 1.11 bits per heavy atom. The van der Waals surface area contributed by atoms with E-state index < -0.39 is 0 Å². The molecule has 8 aromatic carbocycles. The fourth-order valence-electron chi connectivity index (χ4n) is 7.27. The Kier molecular flexibility index (Phi) is 9.52. The number of hydrogen-bond acceptors (Lipinski definition) is 2. The Bertz CT molecular complexity index is 2530. The van der Waals surface area contributed by atoms with Gasteiger partial charge in [0.1, 0.15) is 11.5 Å². The predicted molar refractivity (Wildman–Crippen MR) is 236 cm³/mol. The van der Waals surface area contributed by atoms with E-state index in [1.807, 2.05) is 42.5 Å². The van der Waals surface area contributed by atoms with E-state index in [0.29, 0.717) is 0 Å². The Hall–Kier alpha value is -7.42. The maximum Gasteiger partial charge on any atom is 0.135 e. The second kappa shape index (κ2) is 15.5. The SMILES string of the molecule is C=C1/C=C\C=C(\c2ccc(N(c3ccc(-c4ccc(-c5ccccc5)cc4)cc3)c3ccc(-c4ccc(-c5ccccc5)cc4)cc3)cc2)Oc2ccccc21. The van der Waals surface area contributed by atoms with Crippen molar-refractivity contribution in [2.24, 2.45) is 0 Å². The van der Waals surface area contributed by atoms with Gasteiger partial charge in [-0.3, -0.25) is 0 Å². The van der Waals surface area contributed by atoms with Crippen LogP contribution in [0.3, 0.4) is 0 Å². The van der Waals surface area contributed by atoms with Crippen molar-refractivity contribution in [3.05, 3.63) is 242 Å². The third-order valence-corrected chi connectivity index (χ3v) is 10.3. The topological polar surface area (TPSA) is 12.5 Å². The van der Waals surface area contributed by atoms with E-state index in [1.54, 1.807) is 0 Å². The Morgan fingerprint density at radius 1 is 0.339 bits per heavy atom. The van der Waals surface area contributed by atoms with Gasteiger partial charge in [-0.05, 0) is 111 Å². The van der Waals surface area contributed by atoms with Gasteiger partial charge in [-0.1, -0.05) is 170 Å². The number of hydrogen-bond donors (Lipinski definition) is 0. The van der Waals surface area contributed by atoms with Crippen LogP contribution in [-0.2, 0) is 0 Å². The molecule has 0 amide bonds. The first-order valence-corrected chi connectivity index (χ1v) is 18.9. The van der Waals surface area contributed by atoms with Crippen molar-refractivity contribution >= 4 is 28.4 Å². The van der Waals surface area contributed by atoms with E-state index in [9.17, 15) is 0 Å². The molecule has 56 heavy (non-hydrogen) atoms. The lowest BCUT2D eigenvalue weighted by Gasteiger charge is -2.26. The summed E-state index contributed by atoms with van der Waals surface area (Å²) in [7, 11) is 0. The Labute approximate surface area is 329 Å². The second-order valence-electron chi connectivity index (χ2n) is 13.9. The zero-order chi connectivity index (χ0) is 37.7. The minimum Gasteiger partial charge on any atom is -0.456 e. The highest BCUT2D eigenvalue weighted by atomic mass is 16.5. The zero-order valence-corrected chi connectivity index (χ0v) is 30.9. The number of anilines is 3. The third-order valence-electron chi connectivity index (χ3n) is 10.3. The van der Waals surface area contributed by atoms with E-state index in [2.05, 4.69) is 193 Å². The van der Waals surface area contributed by atoms with Crippen LogP contribution in [0.2, 0.25) is 0 Å². The predicted octanol–water partition coefficient (Wildman–Crippen LogP) is 14.8. The number of rotatable bonds is 8. The first-order valence-electron chi connectivity index (χ1n) is 18.9. The summed E-state index contributed by atoms with van der Waals surface area (Å²) < 4.78 is 6.47. The highest BCUT2D eigenvalue weighted by Gasteiger charge is 2.16. The summed E-state index contributed by atoms with van der Waals surface area (Å²) in [6.07, 6.45) is 6.03. The van der Waals surface area contributed by atoms with E-state index in [1.165, 1.54) is 44.5 Å². The minimum atomic E-state index is 0.782. The lowest BCUT2D eigenvalue weighted by atomic mass is 9.99. The fourth-order valence-corrected chi connectivity index (χ4v) is 7.27. The molecule has 0 saturated heterocycles. The van der Waals surface area contributed by atoms with Crippen LogP contribution in [0.15, 0.2) is 231 Å². The van der Waals surface area contributed by atoms with E-state index >= 15 is 0 Å². The van der Waals surface area contributed by atoms with Gasteiger partial charge in [0.05, 0.1) is 0 Å². The van der Waals surface area contributed by atoms with Crippen LogP contribution in [0.5, 0.6) is 5.75 Å². The molecule has 0 saturated carbocycles. The van der Waals surface area contributed by atoms with Crippen molar-refractivity contribution in [1.82, 2.24) is 0 Å². The average molecular weight is 718 g/mol. The molecular weight excluding hydrogens is 679 g/mol. The van der Waals surface area contributed by atoms with Gasteiger partial charge in [0, 0.05) is 28.2 Å². The van der Waals surface area contributed by atoms with Crippen LogP contribution in [0.1, 0.15) is 11.1 Å². The second-order valence-corrected chi connectivity index (χ2v) is 13.9. The maximum absolute atomic E-state index is 6.47. The molecule has 0 aliphatic carbocycles. The fraction of sp³-hybridized carbons (Fsp3) is 0. The third kappa shape index (κ3) is 7.24. The number of benzene rings is 8. The van der Waals surface area contributed by atoms with Gasteiger partial charge in [-0.15, -0.1) is 0 Å². The molecule has 0 spiro atoms. The molecule has 0 unspecified atom stereocenters. The number of para-hydroxylation sites is 1. The smallest absolute Gasteiger partial charge is 0.135 e. The maximum atomic E-state index is 6.47. The van der Waals surface area contributed by atoms with Crippen molar-refractivity contribution in [3.8, 4) is 50.3 Å². The van der Waals surface area contributed by atoms with Crippen molar-refractivity contribution in [2.45, 2.75) is 0 Å². The molecule has 266 valence electrons. The molecule has 0 atom stereocenters. The molecule has 0 N–H and O–H groups in total. The normalized spacial score (nSPS) is 13.6. The summed E-state index contributed by atoms with van der Waals surface area (Å²) in [4.78, 5) is 2.31. The summed E-state index contributed by atoms with van der Waals surface area (Å²) in [6.45, 7) is 4.22. The largest absolute Gasteiger partial charge is 0.456 e. The summed E-state index contributed by atoms with van der Waals surface area (Å²) in [5, 5.41) is 0. The lowest BCUT2D eigenvalue weighted by Crippen LogP contribution is -2.10. The highest BCUT2D eigenvalue weighted by molar-refractivity contribution is 5.83. The van der Waals surface area contributed by atoms with Crippen LogP contribution in [-0.4, -0.2) is 0 Å². The van der Waals surface area contributed by atoms with Crippen molar-refractivity contribution < 1.29 is 4.74 Å². The van der Waals surface area contributed by atoms with Crippen LogP contribution in [0.25, 0.3) is 55.8 Å². The molecule has 1 heterocycles. The molecule has 2 nitrogen and oxygen atoms in total. The zero-order valence-electron chi connectivity index (χ0n) is 30.9. The standard InChI is InChI=1S/C54H39NO/c1-39-11-10-18-53(56-54-17-9-8-16-52(39)54)48-31-37-51(38-32-48)55(49-33-27-46(28-34-49)44-23-19-42(20-24-44)40-12-4-2-5-13-40)50-35-29-47(30-36-50)45-25-21-43(22-26-45)41-14-6-3-7-15-41/h2-38H,1H2/b11-10-,53-18-. The van der Waals surface area contributed by atoms with Crippen molar-refractivity contribution in [2.75, 3.05) is 4.90 Å². The van der Waals surface area contributed by atoms with Gasteiger partial charge in [0.25, 0.3) is 0 Å². The molecule has 8 aromatic rings. The molecular formula is C54H39NO. The number of fused-ring (bicyclic) bond motifs is 1. The van der Waals surface area contributed by atoms with Crippen molar-refractivity contribution in [1.29, 1.82) is 0 Å². The first-order chi connectivity index (χ1) is 27.7. The molecule has 0 bridgehead atoms. The van der Waals surface area contributed by atoms with Gasteiger partial charge in [0.15, 0.2) is 0 Å². The molecule has 1 aliphatic heterocycles. The Morgan fingerprint density at radius 2 is 0.679 bits per heavy atom. The number of allylic oxidation sites excluding steroid dienone is 4. The number of ether oxygens (including phenoxy) is 1. The van der Waals surface area contributed by atoms with Crippen molar-refractivity contribution in [3.63, 3.8) is 0 Å². The molecule has 0 radical (unpaired) electrons. The summed E-state index contributed by atoms with van der Waals surface area (Å²) in [5.41, 5.74) is 15.6. The monoisotopic (exact) mass is 717 g/mol. The summed E-state index contributed by atoms with van der Waals surface area (Å²) in [5.74, 6) is 1.58. The number of nitrogens with zero attached hydrogens (tertiary/aromatic N) is 1. The molecule has 0 aromatic heterocycles. The minimum absolute atomic E-state index is 0.782. The van der Waals surface area contributed by atoms with Crippen LogP contribution in [0, 0.1) is 0 Å². The molecule has 0 fully saturated rings. The van der Waals surface area contributed by atoms with Crippen LogP contribution in [0.4, 0.5) is 17.1 Å². The first kappa shape index (κ1) is 34.4. The van der Waals surface area contributed by atoms with Gasteiger partial charge >= 0.3 is 0 Å². The van der Waals surface area contributed by atoms with Gasteiger partial charge in [-0.2, -0.15) is 0 Å². The van der Waals surface area contributed by atoms with E-state index in [0.717, 1.165) is 45.3 Å². The molecule has 1 aliphatic rings. The average Bonchev–Trinajstić information content (AvgIpc) is 3.27. The van der Waals surface area contributed by atoms with E-state index in [-0.39, 0.29) is 0 Å². The summed E-state index contributed by atoms with van der Waals surface area (Å²) in [6, 6.07) is 72.9. The van der Waals surface area contributed by atoms with Gasteiger partial charge in [-0.25, -0.2) is 0 Å². The lowest BCUT2D eigenvalue weighted by molar-refractivity contribution is 0.513. The quantitative estimate of drug-likeness (QED) is 0.155. The highest BCUT2D eigenvalue weighted by Crippen LogP contribution is 2.39. The van der Waals surface area contributed by atoms with Gasteiger partial charge in [0.2, 0.25) is 0 Å². The van der Waals surface area contributed by atoms with Crippen LogP contribution >= 0.6 is 0 Å². The Balaban J connectivity index is 1.03. The van der Waals surface area contributed by atoms with E-state index in [4.69, 9.17) is 4.74 Å².